The molecule has 0 spiro atoms. The number of ether oxygens (including phenoxy) is 1. The molecule has 2 rings (SSSR count). The molecule has 0 saturated carbocycles. The van der Waals surface area contributed by atoms with Gasteiger partial charge in [-0.3, -0.25) is 4.79 Å². The topological polar surface area (TPSA) is 46.5 Å². The van der Waals surface area contributed by atoms with E-state index in [9.17, 15) is 4.79 Å². The van der Waals surface area contributed by atoms with Gasteiger partial charge in [-0.15, -0.1) is 0 Å². The summed E-state index contributed by atoms with van der Waals surface area (Å²) in [4.78, 5) is 14.6. The molecule has 0 aromatic carbocycles. The fraction of sp³-hybridized carbons (Fsp3) is 0.688. The van der Waals surface area contributed by atoms with Crippen LogP contribution >= 0.6 is 0 Å². The summed E-state index contributed by atoms with van der Waals surface area (Å²) in [6.07, 6.45) is 4.21. The van der Waals surface area contributed by atoms with Gasteiger partial charge in [0.05, 0.1) is 6.61 Å². The highest BCUT2D eigenvalue weighted by atomic mass is 16.5. The Morgan fingerprint density at radius 1 is 1.43 bits per heavy atom. The first-order valence-electron chi connectivity index (χ1n) is 8.02. The number of carbonyl (C=O) groups is 1. The van der Waals surface area contributed by atoms with Crippen molar-refractivity contribution in [2.45, 2.75) is 32.7 Å². The molecule has 0 unspecified atom stereocenters. The average molecular weight is 293 g/mol. The van der Waals surface area contributed by atoms with Gasteiger partial charge >= 0.3 is 0 Å². The van der Waals surface area contributed by atoms with E-state index in [1.54, 1.807) is 0 Å². The summed E-state index contributed by atoms with van der Waals surface area (Å²) in [5.74, 6) is 0.112. The molecule has 1 aliphatic heterocycles. The van der Waals surface area contributed by atoms with Gasteiger partial charge in [0.15, 0.2) is 0 Å². The second-order valence-corrected chi connectivity index (χ2v) is 5.36. The van der Waals surface area contributed by atoms with Gasteiger partial charge in [0.25, 0.3) is 5.91 Å². The van der Waals surface area contributed by atoms with Gasteiger partial charge in [-0.1, -0.05) is 0 Å². The first kappa shape index (κ1) is 16.0. The molecule has 1 fully saturated rings. The quantitative estimate of drug-likeness (QED) is 0.781. The minimum atomic E-state index is 0.112. The number of carbonyl (C=O) groups excluding carboxylic acids is 1. The highest BCUT2D eigenvalue weighted by Crippen LogP contribution is 2.22. The number of piperidine rings is 1. The smallest absolute Gasteiger partial charge is 0.270 e. The maximum absolute atomic E-state index is 12.7. The first-order chi connectivity index (χ1) is 10.3. The Morgan fingerprint density at radius 3 is 2.86 bits per heavy atom. The Morgan fingerprint density at radius 2 is 2.19 bits per heavy atom. The Kier molecular flexibility index (Phi) is 6.26. The third-order valence-corrected chi connectivity index (χ3v) is 4.08. The van der Waals surface area contributed by atoms with Crippen LogP contribution in [0.2, 0.25) is 0 Å². The molecule has 2 heterocycles. The van der Waals surface area contributed by atoms with Crippen molar-refractivity contribution in [1.29, 1.82) is 0 Å². The molecule has 5 heteroatoms. The maximum Gasteiger partial charge on any atom is 0.270 e. The molecule has 1 amide bonds. The molecular formula is C16H27N3O2. The van der Waals surface area contributed by atoms with Crippen molar-refractivity contribution in [3.05, 3.63) is 24.0 Å². The molecule has 0 aliphatic carbocycles. The zero-order valence-corrected chi connectivity index (χ0v) is 13.2. The highest BCUT2D eigenvalue weighted by Gasteiger charge is 2.22. The third kappa shape index (κ3) is 4.08. The largest absolute Gasteiger partial charge is 0.380 e. The van der Waals surface area contributed by atoms with E-state index in [1.807, 2.05) is 37.1 Å². The molecular weight excluding hydrogens is 266 g/mol. The molecule has 5 nitrogen and oxygen atoms in total. The van der Waals surface area contributed by atoms with Crippen LogP contribution in [0.3, 0.4) is 0 Å². The van der Waals surface area contributed by atoms with Crippen molar-refractivity contribution >= 4 is 5.91 Å². The van der Waals surface area contributed by atoms with E-state index in [2.05, 4.69) is 9.88 Å². The van der Waals surface area contributed by atoms with Gasteiger partial charge in [-0.2, -0.15) is 0 Å². The van der Waals surface area contributed by atoms with Gasteiger partial charge in [0, 0.05) is 31.9 Å². The summed E-state index contributed by atoms with van der Waals surface area (Å²) < 4.78 is 7.53. The molecule has 1 aliphatic rings. The van der Waals surface area contributed by atoms with Gasteiger partial charge in [-0.05, 0) is 51.9 Å². The van der Waals surface area contributed by atoms with E-state index in [4.69, 9.17) is 4.74 Å². The van der Waals surface area contributed by atoms with Crippen LogP contribution in [0.25, 0.3) is 0 Å². The van der Waals surface area contributed by atoms with Crippen LogP contribution in [0.5, 0.6) is 0 Å². The molecule has 1 saturated heterocycles. The molecule has 1 aromatic heterocycles. The maximum atomic E-state index is 12.7. The van der Waals surface area contributed by atoms with E-state index in [1.165, 1.54) is 0 Å². The predicted molar refractivity (Wildman–Crippen MR) is 83.6 cm³/mol. The van der Waals surface area contributed by atoms with E-state index < -0.39 is 0 Å². The lowest BCUT2D eigenvalue weighted by Crippen LogP contribution is -2.36. The molecule has 0 atom stereocenters. The zero-order valence-electron chi connectivity index (χ0n) is 13.2. The Bertz CT molecular complexity index is 438. The number of nitrogens with zero attached hydrogens (tertiary/aromatic N) is 2. The van der Waals surface area contributed by atoms with E-state index in [0.717, 1.165) is 31.6 Å². The molecule has 1 aromatic rings. The molecule has 0 radical (unpaired) electrons. The number of amides is 1. The number of rotatable bonds is 7. The Balaban J connectivity index is 2.05. The van der Waals surface area contributed by atoms with Crippen LogP contribution in [-0.2, 0) is 4.74 Å². The van der Waals surface area contributed by atoms with Crippen LogP contribution < -0.4 is 5.32 Å². The van der Waals surface area contributed by atoms with Crippen molar-refractivity contribution in [3.8, 4) is 0 Å². The number of hydrogen-bond acceptors (Lipinski definition) is 3. The molecule has 118 valence electrons. The lowest BCUT2D eigenvalue weighted by molar-refractivity contribution is 0.0656. The lowest BCUT2D eigenvalue weighted by Gasteiger charge is -2.28. The average Bonchev–Trinajstić information content (AvgIpc) is 3.01. The standard InChI is InChI=1S/C16H27N3O2/c1-3-18(12-13-21-4-2)16(20)15-6-5-11-19(15)14-7-9-17-10-8-14/h5-6,11,14,17H,3-4,7-10,12-13H2,1-2H3. The molecule has 0 bridgehead atoms. The van der Waals surface area contributed by atoms with Crippen LogP contribution in [-0.4, -0.2) is 54.8 Å². The van der Waals surface area contributed by atoms with E-state index in [-0.39, 0.29) is 5.91 Å². The minimum Gasteiger partial charge on any atom is -0.380 e. The van der Waals surface area contributed by atoms with Crippen molar-refractivity contribution in [3.63, 3.8) is 0 Å². The normalized spacial score (nSPS) is 16.1. The third-order valence-electron chi connectivity index (χ3n) is 4.08. The number of likely N-dealkylation sites (N-methyl/N-ethyl adjacent to an activating group) is 1. The number of aromatic nitrogens is 1. The summed E-state index contributed by atoms with van der Waals surface area (Å²) in [5, 5.41) is 3.37. The fourth-order valence-corrected chi connectivity index (χ4v) is 2.86. The zero-order chi connectivity index (χ0) is 15.1. The van der Waals surface area contributed by atoms with Gasteiger partial charge in [0.2, 0.25) is 0 Å². The predicted octanol–water partition coefficient (Wildman–Crippen LogP) is 1.91. The van der Waals surface area contributed by atoms with Crippen LogP contribution in [0.15, 0.2) is 18.3 Å². The first-order valence-corrected chi connectivity index (χ1v) is 8.02. The van der Waals surface area contributed by atoms with Crippen LogP contribution in [0.1, 0.15) is 43.2 Å². The Labute approximate surface area is 127 Å². The van der Waals surface area contributed by atoms with Gasteiger partial charge in [-0.25, -0.2) is 0 Å². The lowest BCUT2D eigenvalue weighted by atomic mass is 10.1. The Hall–Kier alpha value is -1.33. The summed E-state index contributed by atoms with van der Waals surface area (Å²) in [5.41, 5.74) is 0.806. The summed E-state index contributed by atoms with van der Waals surface area (Å²) in [7, 11) is 0. The second-order valence-electron chi connectivity index (χ2n) is 5.36. The summed E-state index contributed by atoms with van der Waals surface area (Å²) in [6, 6.07) is 4.35. The van der Waals surface area contributed by atoms with Crippen molar-refractivity contribution in [2.24, 2.45) is 0 Å². The molecule has 1 N–H and O–H groups in total. The highest BCUT2D eigenvalue weighted by molar-refractivity contribution is 5.92. The van der Waals surface area contributed by atoms with Gasteiger partial charge in [0.1, 0.15) is 5.69 Å². The van der Waals surface area contributed by atoms with Crippen molar-refractivity contribution < 1.29 is 9.53 Å². The van der Waals surface area contributed by atoms with E-state index in [0.29, 0.717) is 32.3 Å². The van der Waals surface area contributed by atoms with Gasteiger partial charge < -0.3 is 19.5 Å². The van der Waals surface area contributed by atoms with E-state index >= 15 is 0 Å². The SMILES string of the molecule is CCOCCN(CC)C(=O)c1cccn1C1CCNCC1. The number of hydrogen-bond donors (Lipinski definition) is 1. The fourth-order valence-electron chi connectivity index (χ4n) is 2.86. The van der Waals surface area contributed by atoms with Crippen LogP contribution in [0.4, 0.5) is 0 Å². The minimum absolute atomic E-state index is 0.112. The molecule has 21 heavy (non-hydrogen) atoms. The summed E-state index contributed by atoms with van der Waals surface area (Å²) >= 11 is 0. The van der Waals surface area contributed by atoms with Crippen LogP contribution in [0, 0.1) is 0 Å². The second kappa shape index (κ2) is 8.20. The number of nitrogens with one attached hydrogen (secondary N) is 1. The van der Waals surface area contributed by atoms with Crippen molar-refractivity contribution in [1.82, 2.24) is 14.8 Å². The monoisotopic (exact) mass is 293 g/mol. The van der Waals surface area contributed by atoms with Crippen molar-refractivity contribution in [2.75, 3.05) is 39.4 Å². The summed E-state index contributed by atoms with van der Waals surface area (Å²) in [6.45, 7) is 8.70.